The first-order valence-electron chi connectivity index (χ1n) is 6.63. The number of ether oxygens (including phenoxy) is 2. The lowest BCUT2D eigenvalue weighted by Gasteiger charge is -2.28. The third-order valence-corrected chi connectivity index (χ3v) is 3.65. The van der Waals surface area contributed by atoms with Crippen molar-refractivity contribution in [2.75, 3.05) is 13.7 Å². The first-order valence-corrected chi connectivity index (χ1v) is 6.63. The molecule has 1 heterocycles. The SMILES string of the molecule is COC(C)CC(O)CC1CCOc2ccccc21. The number of para-hydroxylation sites is 1. The van der Waals surface area contributed by atoms with Crippen molar-refractivity contribution < 1.29 is 14.6 Å². The maximum Gasteiger partial charge on any atom is 0.122 e. The van der Waals surface area contributed by atoms with Gasteiger partial charge in [0.25, 0.3) is 0 Å². The van der Waals surface area contributed by atoms with Crippen LogP contribution in [-0.2, 0) is 4.74 Å². The summed E-state index contributed by atoms with van der Waals surface area (Å²) in [5, 5.41) is 10.1. The van der Waals surface area contributed by atoms with Crippen molar-refractivity contribution in [2.45, 2.75) is 44.3 Å². The zero-order chi connectivity index (χ0) is 13.0. The van der Waals surface area contributed by atoms with Gasteiger partial charge in [-0.3, -0.25) is 0 Å². The molecule has 3 heteroatoms. The van der Waals surface area contributed by atoms with Gasteiger partial charge in [-0.05, 0) is 43.7 Å². The van der Waals surface area contributed by atoms with Crippen LogP contribution in [0.3, 0.4) is 0 Å². The molecule has 0 amide bonds. The van der Waals surface area contributed by atoms with Crippen LogP contribution in [0.1, 0.15) is 37.7 Å². The van der Waals surface area contributed by atoms with E-state index in [1.165, 1.54) is 5.56 Å². The smallest absolute Gasteiger partial charge is 0.122 e. The molecule has 0 spiro atoms. The third-order valence-electron chi connectivity index (χ3n) is 3.65. The van der Waals surface area contributed by atoms with Gasteiger partial charge >= 0.3 is 0 Å². The molecule has 100 valence electrons. The molecule has 1 aliphatic heterocycles. The fourth-order valence-corrected chi connectivity index (χ4v) is 2.56. The number of methoxy groups -OCH3 is 1. The van der Waals surface area contributed by atoms with E-state index in [1.54, 1.807) is 7.11 Å². The molecule has 0 aromatic heterocycles. The van der Waals surface area contributed by atoms with E-state index in [2.05, 4.69) is 6.07 Å². The van der Waals surface area contributed by atoms with Crippen LogP contribution >= 0.6 is 0 Å². The molecule has 0 aliphatic carbocycles. The molecule has 3 atom stereocenters. The fourth-order valence-electron chi connectivity index (χ4n) is 2.56. The number of fused-ring (bicyclic) bond motifs is 1. The summed E-state index contributed by atoms with van der Waals surface area (Å²) in [7, 11) is 1.68. The van der Waals surface area contributed by atoms with Gasteiger partial charge in [-0.2, -0.15) is 0 Å². The van der Waals surface area contributed by atoms with Crippen molar-refractivity contribution in [3.63, 3.8) is 0 Å². The van der Waals surface area contributed by atoms with Crippen LogP contribution < -0.4 is 4.74 Å². The first kappa shape index (κ1) is 13.4. The first-order chi connectivity index (χ1) is 8.70. The molecule has 1 N–H and O–H groups in total. The minimum Gasteiger partial charge on any atom is -0.493 e. The highest BCUT2D eigenvalue weighted by Crippen LogP contribution is 2.36. The second-order valence-electron chi connectivity index (χ2n) is 5.04. The molecule has 1 aromatic rings. The highest BCUT2D eigenvalue weighted by Gasteiger charge is 2.24. The molecule has 18 heavy (non-hydrogen) atoms. The van der Waals surface area contributed by atoms with Crippen LogP contribution in [0.15, 0.2) is 24.3 Å². The molecule has 0 fully saturated rings. The van der Waals surface area contributed by atoms with Crippen LogP contribution in [0.4, 0.5) is 0 Å². The van der Waals surface area contributed by atoms with Crippen LogP contribution in [0, 0.1) is 0 Å². The number of hydrogen-bond donors (Lipinski definition) is 1. The van der Waals surface area contributed by atoms with Gasteiger partial charge in [0.2, 0.25) is 0 Å². The molecule has 1 aromatic carbocycles. The molecule has 0 saturated carbocycles. The van der Waals surface area contributed by atoms with Crippen molar-refractivity contribution in [3.8, 4) is 5.75 Å². The highest BCUT2D eigenvalue weighted by atomic mass is 16.5. The number of benzene rings is 1. The van der Waals surface area contributed by atoms with Gasteiger partial charge in [-0.25, -0.2) is 0 Å². The Bertz CT molecular complexity index is 378. The predicted octanol–water partition coefficient (Wildman–Crippen LogP) is 2.73. The summed E-state index contributed by atoms with van der Waals surface area (Å²) in [6.07, 6.45) is 2.26. The molecular formula is C15H22O3. The molecular weight excluding hydrogens is 228 g/mol. The van der Waals surface area contributed by atoms with Gasteiger partial charge in [0.15, 0.2) is 0 Å². The fraction of sp³-hybridized carbons (Fsp3) is 0.600. The zero-order valence-electron chi connectivity index (χ0n) is 11.1. The molecule has 3 nitrogen and oxygen atoms in total. The Labute approximate surface area is 109 Å². The Balaban J connectivity index is 1.98. The average Bonchev–Trinajstić information content (AvgIpc) is 2.39. The number of hydrogen-bond acceptors (Lipinski definition) is 3. The zero-order valence-corrected chi connectivity index (χ0v) is 11.1. The summed E-state index contributed by atoms with van der Waals surface area (Å²) >= 11 is 0. The van der Waals surface area contributed by atoms with E-state index in [0.29, 0.717) is 12.3 Å². The Morgan fingerprint density at radius 1 is 1.44 bits per heavy atom. The predicted molar refractivity (Wildman–Crippen MR) is 71.0 cm³/mol. The van der Waals surface area contributed by atoms with Crippen molar-refractivity contribution in [2.24, 2.45) is 0 Å². The van der Waals surface area contributed by atoms with Crippen molar-refractivity contribution in [1.82, 2.24) is 0 Å². The van der Waals surface area contributed by atoms with E-state index in [9.17, 15) is 5.11 Å². The Morgan fingerprint density at radius 3 is 3.00 bits per heavy atom. The lowest BCUT2D eigenvalue weighted by Crippen LogP contribution is -2.22. The lowest BCUT2D eigenvalue weighted by molar-refractivity contribution is 0.0478. The van der Waals surface area contributed by atoms with Crippen LogP contribution in [0.5, 0.6) is 5.75 Å². The van der Waals surface area contributed by atoms with Gasteiger partial charge in [0.05, 0.1) is 18.8 Å². The monoisotopic (exact) mass is 250 g/mol. The van der Waals surface area contributed by atoms with Gasteiger partial charge < -0.3 is 14.6 Å². The molecule has 1 aliphatic rings. The van der Waals surface area contributed by atoms with Crippen LogP contribution in [0.2, 0.25) is 0 Å². The van der Waals surface area contributed by atoms with Crippen molar-refractivity contribution in [1.29, 1.82) is 0 Å². The summed E-state index contributed by atoms with van der Waals surface area (Å²) in [5.74, 6) is 1.37. The Morgan fingerprint density at radius 2 is 2.22 bits per heavy atom. The maximum absolute atomic E-state index is 10.1. The summed E-state index contributed by atoms with van der Waals surface area (Å²) in [6, 6.07) is 8.13. The summed E-state index contributed by atoms with van der Waals surface area (Å²) < 4.78 is 10.8. The van der Waals surface area contributed by atoms with E-state index in [4.69, 9.17) is 9.47 Å². The number of aliphatic hydroxyl groups is 1. The standard InChI is InChI=1S/C15H22O3/c1-11(17-2)9-13(16)10-12-7-8-18-15-6-4-3-5-14(12)15/h3-6,11-13,16H,7-10H2,1-2H3. The van der Waals surface area contributed by atoms with Gasteiger partial charge in [-0.15, -0.1) is 0 Å². The minimum atomic E-state index is -0.309. The highest BCUT2D eigenvalue weighted by molar-refractivity contribution is 5.37. The normalized spacial score (nSPS) is 21.8. The molecule has 3 unspecified atom stereocenters. The van der Waals surface area contributed by atoms with E-state index in [0.717, 1.165) is 25.2 Å². The Kier molecular flexibility index (Phi) is 4.61. The summed E-state index contributed by atoms with van der Waals surface area (Å²) in [5.41, 5.74) is 1.23. The average molecular weight is 250 g/mol. The third kappa shape index (κ3) is 3.24. The quantitative estimate of drug-likeness (QED) is 0.873. The maximum atomic E-state index is 10.1. The van der Waals surface area contributed by atoms with Crippen molar-refractivity contribution in [3.05, 3.63) is 29.8 Å². The summed E-state index contributed by atoms with van der Waals surface area (Å²) in [6.45, 7) is 2.73. The van der Waals surface area contributed by atoms with E-state index in [1.807, 2.05) is 25.1 Å². The summed E-state index contributed by atoms with van der Waals surface area (Å²) in [4.78, 5) is 0. The lowest BCUT2D eigenvalue weighted by atomic mass is 9.87. The van der Waals surface area contributed by atoms with Crippen LogP contribution in [0.25, 0.3) is 0 Å². The molecule has 0 saturated heterocycles. The van der Waals surface area contributed by atoms with E-state index in [-0.39, 0.29) is 12.2 Å². The molecule has 0 bridgehead atoms. The van der Waals surface area contributed by atoms with Gasteiger partial charge in [0, 0.05) is 7.11 Å². The number of rotatable bonds is 5. The molecule has 0 radical (unpaired) electrons. The van der Waals surface area contributed by atoms with E-state index >= 15 is 0 Å². The van der Waals surface area contributed by atoms with Gasteiger partial charge in [0.1, 0.15) is 5.75 Å². The second-order valence-corrected chi connectivity index (χ2v) is 5.04. The largest absolute Gasteiger partial charge is 0.493 e. The van der Waals surface area contributed by atoms with E-state index < -0.39 is 0 Å². The Hall–Kier alpha value is -1.06. The topological polar surface area (TPSA) is 38.7 Å². The second kappa shape index (κ2) is 6.21. The number of aliphatic hydroxyl groups excluding tert-OH is 1. The molecule has 2 rings (SSSR count). The van der Waals surface area contributed by atoms with Crippen molar-refractivity contribution >= 4 is 0 Å². The van der Waals surface area contributed by atoms with Crippen LogP contribution in [-0.4, -0.2) is 31.0 Å². The minimum absolute atomic E-state index is 0.107. The van der Waals surface area contributed by atoms with Gasteiger partial charge in [-0.1, -0.05) is 18.2 Å².